The topological polar surface area (TPSA) is 55.2 Å². The van der Waals surface area contributed by atoms with Crippen molar-refractivity contribution in [2.24, 2.45) is 11.3 Å². The number of rotatable bonds is 5. The zero-order chi connectivity index (χ0) is 13.9. The number of nitro groups is 1. The van der Waals surface area contributed by atoms with Crippen LogP contribution in [0.3, 0.4) is 0 Å². The molecule has 1 rings (SSSR count). The van der Waals surface area contributed by atoms with Gasteiger partial charge in [0.15, 0.2) is 0 Å². The molecular weight excluding hydrogens is 235 g/mol. The molecule has 0 fully saturated rings. The van der Waals surface area contributed by atoms with Crippen LogP contribution in [0.1, 0.15) is 27.7 Å². The Morgan fingerprint density at radius 2 is 2.06 bits per heavy atom. The van der Waals surface area contributed by atoms with E-state index < -0.39 is 16.4 Å². The fraction of sp³-hybridized carbons (Fsp3) is 0.538. The summed E-state index contributed by atoms with van der Waals surface area (Å²) in [4.78, 5) is 10.1. The van der Waals surface area contributed by atoms with Crippen LogP contribution < -0.4 is 5.32 Å². The maximum atomic E-state index is 13.4. The number of halogens is 1. The van der Waals surface area contributed by atoms with Gasteiger partial charge in [-0.3, -0.25) is 10.1 Å². The van der Waals surface area contributed by atoms with Gasteiger partial charge in [-0.05, 0) is 23.5 Å². The van der Waals surface area contributed by atoms with Gasteiger partial charge in [-0.25, -0.2) is 0 Å². The molecule has 4 nitrogen and oxygen atoms in total. The molecule has 0 unspecified atom stereocenters. The molecule has 18 heavy (non-hydrogen) atoms. The third-order valence-electron chi connectivity index (χ3n) is 3.47. The molecule has 1 aromatic rings. The highest BCUT2D eigenvalue weighted by Gasteiger charge is 2.25. The number of nitrogens with one attached hydrogen (secondary N) is 1. The first-order valence-corrected chi connectivity index (χ1v) is 5.92. The first kappa shape index (κ1) is 14.4. The number of anilines is 1. The Labute approximate surface area is 106 Å². The quantitative estimate of drug-likeness (QED) is 0.641. The van der Waals surface area contributed by atoms with Crippen LogP contribution >= 0.6 is 0 Å². The second-order valence-corrected chi connectivity index (χ2v) is 5.39. The highest BCUT2D eigenvalue weighted by molar-refractivity contribution is 5.62. The van der Waals surface area contributed by atoms with E-state index in [1.807, 2.05) is 0 Å². The van der Waals surface area contributed by atoms with E-state index >= 15 is 0 Å². The normalized spacial score (nSPS) is 11.7. The van der Waals surface area contributed by atoms with Crippen molar-refractivity contribution in [3.63, 3.8) is 0 Å². The molecule has 1 N–H and O–H groups in total. The number of hydrogen-bond acceptors (Lipinski definition) is 3. The summed E-state index contributed by atoms with van der Waals surface area (Å²) < 4.78 is 13.4. The summed E-state index contributed by atoms with van der Waals surface area (Å²) in [5, 5.41) is 13.8. The molecule has 0 amide bonds. The van der Waals surface area contributed by atoms with Gasteiger partial charge in [0.25, 0.3) is 0 Å². The fourth-order valence-corrected chi connectivity index (χ4v) is 1.37. The van der Waals surface area contributed by atoms with Gasteiger partial charge in [-0.2, -0.15) is 4.39 Å². The molecule has 0 saturated carbocycles. The minimum absolute atomic E-state index is 0.0276. The first-order chi connectivity index (χ1) is 8.25. The molecule has 5 heteroatoms. The number of benzene rings is 1. The summed E-state index contributed by atoms with van der Waals surface area (Å²) in [6.45, 7) is 8.85. The van der Waals surface area contributed by atoms with Crippen LogP contribution in [-0.4, -0.2) is 11.5 Å². The predicted octanol–water partition coefficient (Wildman–Crippen LogP) is 3.83. The van der Waals surface area contributed by atoms with Crippen LogP contribution in [0.5, 0.6) is 0 Å². The summed E-state index contributed by atoms with van der Waals surface area (Å²) in [5.74, 6) is -0.398. The Balaban J connectivity index is 2.92. The van der Waals surface area contributed by atoms with Crippen molar-refractivity contribution in [1.29, 1.82) is 0 Å². The number of para-hydroxylation sites is 1. The maximum absolute atomic E-state index is 13.4. The minimum atomic E-state index is -0.813. The average Bonchev–Trinajstić information content (AvgIpc) is 2.25. The number of nitrogens with zero attached hydrogens (tertiary/aromatic N) is 1. The van der Waals surface area contributed by atoms with Crippen molar-refractivity contribution in [1.82, 2.24) is 0 Å². The lowest BCUT2D eigenvalue weighted by atomic mass is 9.81. The molecular formula is C13H19FN2O2. The minimum Gasteiger partial charge on any atom is -0.379 e. The van der Waals surface area contributed by atoms with E-state index in [1.54, 1.807) is 0 Å². The number of hydrogen-bond donors (Lipinski definition) is 1. The summed E-state index contributed by atoms with van der Waals surface area (Å²) in [6.07, 6.45) is 0. The van der Waals surface area contributed by atoms with Crippen molar-refractivity contribution < 1.29 is 9.31 Å². The van der Waals surface area contributed by atoms with E-state index in [9.17, 15) is 14.5 Å². The molecule has 0 aliphatic heterocycles. The second-order valence-electron chi connectivity index (χ2n) is 5.39. The lowest BCUT2D eigenvalue weighted by Crippen LogP contribution is -2.28. The van der Waals surface area contributed by atoms with Gasteiger partial charge < -0.3 is 5.32 Å². The predicted molar refractivity (Wildman–Crippen MR) is 70.2 cm³/mol. The third-order valence-corrected chi connectivity index (χ3v) is 3.47. The molecule has 1 aromatic carbocycles. The van der Waals surface area contributed by atoms with Gasteiger partial charge in [-0.1, -0.05) is 33.8 Å². The Morgan fingerprint density at radius 1 is 1.44 bits per heavy atom. The molecule has 0 aliphatic carbocycles. The molecule has 0 atom stereocenters. The van der Waals surface area contributed by atoms with E-state index in [2.05, 4.69) is 33.0 Å². The molecule has 0 heterocycles. The SMILES string of the molecule is CC(C)C(C)(C)CNc1cccc(F)c1[N+](=O)[O-]. The van der Waals surface area contributed by atoms with Crippen LogP contribution in [0.15, 0.2) is 18.2 Å². The van der Waals surface area contributed by atoms with Crippen LogP contribution in [0.4, 0.5) is 15.8 Å². The zero-order valence-corrected chi connectivity index (χ0v) is 11.2. The smallest absolute Gasteiger partial charge is 0.327 e. The summed E-state index contributed by atoms with van der Waals surface area (Å²) >= 11 is 0. The van der Waals surface area contributed by atoms with Crippen molar-refractivity contribution >= 4 is 11.4 Å². The van der Waals surface area contributed by atoms with Crippen LogP contribution in [0.2, 0.25) is 0 Å². The number of nitro benzene ring substituents is 1. The third kappa shape index (κ3) is 3.18. The lowest BCUT2D eigenvalue weighted by molar-refractivity contribution is -0.386. The summed E-state index contributed by atoms with van der Waals surface area (Å²) in [6, 6.07) is 4.08. The molecule has 0 spiro atoms. The monoisotopic (exact) mass is 254 g/mol. The molecule has 0 aliphatic rings. The van der Waals surface area contributed by atoms with Crippen molar-refractivity contribution in [2.75, 3.05) is 11.9 Å². The van der Waals surface area contributed by atoms with E-state index in [0.717, 1.165) is 6.07 Å². The zero-order valence-electron chi connectivity index (χ0n) is 11.2. The van der Waals surface area contributed by atoms with Crippen molar-refractivity contribution in [3.8, 4) is 0 Å². The van der Waals surface area contributed by atoms with Crippen LogP contribution in [-0.2, 0) is 0 Å². The maximum Gasteiger partial charge on any atom is 0.327 e. The summed E-state index contributed by atoms with van der Waals surface area (Å²) in [5.41, 5.74) is -0.286. The van der Waals surface area contributed by atoms with Gasteiger partial charge >= 0.3 is 5.69 Å². The second kappa shape index (κ2) is 5.33. The fourth-order valence-electron chi connectivity index (χ4n) is 1.37. The van der Waals surface area contributed by atoms with Gasteiger partial charge in [0.2, 0.25) is 5.82 Å². The van der Waals surface area contributed by atoms with Gasteiger partial charge in [0.05, 0.1) is 4.92 Å². The van der Waals surface area contributed by atoms with E-state index in [0.29, 0.717) is 12.5 Å². The first-order valence-electron chi connectivity index (χ1n) is 5.92. The Morgan fingerprint density at radius 3 is 2.56 bits per heavy atom. The molecule has 0 saturated heterocycles. The van der Waals surface area contributed by atoms with Crippen LogP contribution in [0, 0.1) is 27.3 Å². The Kier molecular flexibility index (Phi) is 4.27. The highest BCUT2D eigenvalue weighted by atomic mass is 19.1. The van der Waals surface area contributed by atoms with E-state index in [1.165, 1.54) is 12.1 Å². The largest absolute Gasteiger partial charge is 0.379 e. The molecule has 0 radical (unpaired) electrons. The van der Waals surface area contributed by atoms with Crippen LogP contribution in [0.25, 0.3) is 0 Å². The highest BCUT2D eigenvalue weighted by Crippen LogP contribution is 2.30. The van der Waals surface area contributed by atoms with Gasteiger partial charge in [-0.15, -0.1) is 0 Å². The average molecular weight is 254 g/mol. The standard InChI is InChI=1S/C13H19FN2O2/c1-9(2)13(3,4)8-15-11-7-5-6-10(14)12(11)16(17)18/h5-7,9,15H,8H2,1-4H3. The Hall–Kier alpha value is -1.65. The van der Waals surface area contributed by atoms with Crippen molar-refractivity contribution in [3.05, 3.63) is 34.1 Å². The molecule has 0 bridgehead atoms. The summed E-state index contributed by atoms with van der Waals surface area (Å²) in [7, 11) is 0. The molecule has 0 aromatic heterocycles. The van der Waals surface area contributed by atoms with Gasteiger partial charge in [0.1, 0.15) is 5.69 Å². The molecule has 100 valence electrons. The Bertz CT molecular complexity index is 445. The van der Waals surface area contributed by atoms with E-state index in [-0.39, 0.29) is 11.1 Å². The lowest BCUT2D eigenvalue weighted by Gasteiger charge is -2.29. The van der Waals surface area contributed by atoms with E-state index in [4.69, 9.17) is 0 Å². The van der Waals surface area contributed by atoms with Crippen molar-refractivity contribution in [2.45, 2.75) is 27.7 Å². The van der Waals surface area contributed by atoms with Gasteiger partial charge in [0, 0.05) is 6.54 Å².